The van der Waals surface area contributed by atoms with Crippen LogP contribution < -0.4 is 15.8 Å². The van der Waals surface area contributed by atoms with Gasteiger partial charge in [-0.05, 0) is 36.2 Å². The molecule has 0 spiro atoms. The number of fused-ring (bicyclic) bond motifs is 1. The van der Waals surface area contributed by atoms with Crippen molar-refractivity contribution in [2.24, 2.45) is 5.73 Å². The minimum absolute atomic E-state index is 0.00476. The van der Waals surface area contributed by atoms with Crippen molar-refractivity contribution in [3.63, 3.8) is 0 Å². The number of amides is 2. The molecule has 0 saturated carbocycles. The summed E-state index contributed by atoms with van der Waals surface area (Å²) in [5.74, 6) is 0.706. The number of primary amides is 1. The Balaban J connectivity index is 1.72. The Bertz CT molecular complexity index is 763. The highest BCUT2D eigenvalue weighted by Crippen LogP contribution is 2.35. The van der Waals surface area contributed by atoms with Crippen molar-refractivity contribution < 1.29 is 14.3 Å². The van der Waals surface area contributed by atoms with Gasteiger partial charge < -0.3 is 15.8 Å². The summed E-state index contributed by atoms with van der Waals surface area (Å²) >= 11 is 1.81. The van der Waals surface area contributed by atoms with E-state index in [9.17, 15) is 9.59 Å². The quantitative estimate of drug-likeness (QED) is 0.875. The van der Waals surface area contributed by atoms with Crippen LogP contribution in [0.3, 0.4) is 0 Å². The van der Waals surface area contributed by atoms with Crippen molar-refractivity contribution in [2.45, 2.75) is 17.4 Å². The van der Waals surface area contributed by atoms with Crippen LogP contribution in [0.5, 0.6) is 5.75 Å². The lowest BCUT2D eigenvalue weighted by Gasteiger charge is -2.26. The van der Waals surface area contributed by atoms with E-state index in [0.29, 0.717) is 11.3 Å². The monoisotopic (exact) mass is 342 g/mol. The van der Waals surface area contributed by atoms with Gasteiger partial charge in [-0.15, -0.1) is 11.8 Å². The van der Waals surface area contributed by atoms with E-state index >= 15 is 0 Å². The third-order valence-corrected chi connectivity index (χ3v) is 4.86. The van der Waals surface area contributed by atoms with Crippen LogP contribution >= 0.6 is 11.8 Å². The average Bonchev–Trinajstić information content (AvgIpc) is 2.60. The molecule has 5 nitrogen and oxygen atoms in total. The molecule has 1 heterocycles. The van der Waals surface area contributed by atoms with Crippen molar-refractivity contribution in [2.75, 3.05) is 12.4 Å². The van der Waals surface area contributed by atoms with Gasteiger partial charge in [0.05, 0.1) is 6.04 Å². The Morgan fingerprint density at radius 3 is 2.88 bits per heavy atom. The highest BCUT2D eigenvalue weighted by Gasteiger charge is 2.22. The normalized spacial score (nSPS) is 16.1. The van der Waals surface area contributed by atoms with E-state index in [2.05, 4.69) is 17.4 Å². The van der Waals surface area contributed by atoms with Crippen molar-refractivity contribution in [1.82, 2.24) is 5.32 Å². The molecule has 2 aromatic carbocycles. The molecule has 1 aliphatic rings. The molecule has 1 atom stereocenters. The van der Waals surface area contributed by atoms with Gasteiger partial charge in [0.2, 0.25) is 0 Å². The summed E-state index contributed by atoms with van der Waals surface area (Å²) in [5, 5.41) is 3.08. The molecule has 0 aliphatic carbocycles. The number of rotatable bonds is 5. The molecule has 3 N–H and O–H groups in total. The molecule has 0 aromatic heterocycles. The molecular formula is C18H18N2O3S. The third-order valence-electron chi connectivity index (χ3n) is 3.74. The van der Waals surface area contributed by atoms with Gasteiger partial charge in [0.1, 0.15) is 5.75 Å². The third kappa shape index (κ3) is 3.89. The fraction of sp³-hybridized carbons (Fsp3) is 0.222. The minimum Gasteiger partial charge on any atom is -0.484 e. The summed E-state index contributed by atoms with van der Waals surface area (Å²) in [7, 11) is 0. The van der Waals surface area contributed by atoms with Crippen LogP contribution in [0.4, 0.5) is 0 Å². The van der Waals surface area contributed by atoms with Crippen LogP contribution in [-0.2, 0) is 4.79 Å². The maximum Gasteiger partial charge on any atom is 0.255 e. The Hall–Kier alpha value is -2.47. The lowest BCUT2D eigenvalue weighted by Crippen LogP contribution is -2.30. The molecule has 0 bridgehead atoms. The number of nitrogens with one attached hydrogen (secondary N) is 1. The van der Waals surface area contributed by atoms with Gasteiger partial charge >= 0.3 is 0 Å². The van der Waals surface area contributed by atoms with Gasteiger partial charge in [-0.2, -0.15) is 0 Å². The zero-order valence-electron chi connectivity index (χ0n) is 13.0. The van der Waals surface area contributed by atoms with Crippen LogP contribution in [0.1, 0.15) is 28.4 Å². The molecular weight excluding hydrogens is 324 g/mol. The van der Waals surface area contributed by atoms with Crippen molar-refractivity contribution in [3.8, 4) is 5.75 Å². The van der Waals surface area contributed by atoms with Crippen LogP contribution in [0, 0.1) is 0 Å². The zero-order valence-corrected chi connectivity index (χ0v) is 13.8. The second-order valence-corrected chi connectivity index (χ2v) is 6.62. The number of ether oxygens (including phenoxy) is 1. The predicted octanol–water partition coefficient (Wildman–Crippen LogP) is 2.52. The van der Waals surface area contributed by atoms with E-state index in [4.69, 9.17) is 10.5 Å². The second-order valence-electron chi connectivity index (χ2n) is 5.48. The largest absolute Gasteiger partial charge is 0.484 e. The smallest absolute Gasteiger partial charge is 0.255 e. The Labute approximate surface area is 144 Å². The zero-order chi connectivity index (χ0) is 16.9. The molecule has 1 aliphatic heterocycles. The van der Waals surface area contributed by atoms with Crippen LogP contribution in [0.2, 0.25) is 0 Å². The molecule has 6 heteroatoms. The summed E-state index contributed by atoms with van der Waals surface area (Å²) in [6.45, 7) is -0.210. The van der Waals surface area contributed by atoms with Crippen molar-refractivity contribution >= 4 is 23.6 Å². The van der Waals surface area contributed by atoms with Gasteiger partial charge in [-0.3, -0.25) is 9.59 Å². The number of nitrogens with two attached hydrogens (primary N) is 1. The van der Waals surface area contributed by atoms with Crippen molar-refractivity contribution in [1.29, 1.82) is 0 Å². The van der Waals surface area contributed by atoms with E-state index in [-0.39, 0.29) is 18.6 Å². The van der Waals surface area contributed by atoms with E-state index < -0.39 is 5.91 Å². The first-order valence-corrected chi connectivity index (χ1v) is 8.66. The van der Waals surface area contributed by atoms with Gasteiger partial charge in [-0.1, -0.05) is 24.3 Å². The maximum absolute atomic E-state index is 12.5. The molecule has 3 rings (SSSR count). The highest BCUT2D eigenvalue weighted by molar-refractivity contribution is 7.99. The molecule has 2 aromatic rings. The van der Waals surface area contributed by atoms with Gasteiger partial charge in [-0.25, -0.2) is 0 Å². The number of carbonyl (C=O) groups excluding carboxylic acids is 2. The Kier molecular flexibility index (Phi) is 5.05. The topological polar surface area (TPSA) is 81.4 Å². The van der Waals surface area contributed by atoms with Crippen LogP contribution in [-0.4, -0.2) is 24.2 Å². The summed E-state index contributed by atoms with van der Waals surface area (Å²) in [5.41, 5.74) is 6.71. The number of thioether (sulfide) groups is 1. The molecule has 0 saturated heterocycles. The van der Waals surface area contributed by atoms with Gasteiger partial charge in [0.25, 0.3) is 11.8 Å². The summed E-state index contributed by atoms with van der Waals surface area (Å²) in [6.07, 6.45) is 0.894. The Morgan fingerprint density at radius 2 is 2.04 bits per heavy atom. The average molecular weight is 342 g/mol. The highest BCUT2D eigenvalue weighted by atomic mass is 32.2. The minimum atomic E-state index is -0.554. The van der Waals surface area contributed by atoms with E-state index in [1.54, 1.807) is 24.3 Å². The SMILES string of the molecule is NC(=O)COc1cccc(C(=O)N[C@@H]2CCSc3ccccc32)c1. The van der Waals surface area contributed by atoms with Gasteiger partial charge in [0.15, 0.2) is 6.61 Å². The first-order valence-electron chi connectivity index (χ1n) is 7.67. The number of hydrogen-bond acceptors (Lipinski definition) is 4. The van der Waals surface area contributed by atoms with Crippen LogP contribution in [0.15, 0.2) is 53.4 Å². The fourth-order valence-corrected chi connectivity index (χ4v) is 3.74. The second kappa shape index (κ2) is 7.40. The maximum atomic E-state index is 12.5. The lowest BCUT2D eigenvalue weighted by atomic mass is 10.0. The van der Waals surface area contributed by atoms with Crippen molar-refractivity contribution in [3.05, 3.63) is 59.7 Å². The molecule has 124 valence electrons. The number of benzene rings is 2. The number of hydrogen-bond donors (Lipinski definition) is 2. The van der Waals surface area contributed by atoms with E-state index in [1.165, 1.54) is 4.90 Å². The lowest BCUT2D eigenvalue weighted by molar-refractivity contribution is -0.119. The van der Waals surface area contributed by atoms with E-state index in [0.717, 1.165) is 17.7 Å². The number of carbonyl (C=O) groups is 2. The molecule has 0 fully saturated rings. The first-order chi connectivity index (χ1) is 11.6. The molecule has 2 amide bonds. The standard InChI is InChI=1S/C18H18N2O3S/c19-17(21)11-23-13-5-3-4-12(10-13)18(22)20-15-8-9-24-16-7-2-1-6-14(15)16/h1-7,10,15H,8-9,11H2,(H2,19,21)(H,20,22)/t15-/m1/s1. The summed E-state index contributed by atoms with van der Waals surface area (Å²) in [6, 6.07) is 14.9. The predicted molar refractivity (Wildman–Crippen MR) is 93.1 cm³/mol. The fourth-order valence-electron chi connectivity index (χ4n) is 2.62. The molecule has 0 unspecified atom stereocenters. The van der Waals surface area contributed by atoms with Crippen LogP contribution in [0.25, 0.3) is 0 Å². The Morgan fingerprint density at radius 1 is 1.21 bits per heavy atom. The summed E-state index contributed by atoms with van der Waals surface area (Å²) in [4.78, 5) is 24.6. The molecule has 0 radical (unpaired) electrons. The first kappa shape index (κ1) is 16.4. The summed E-state index contributed by atoms with van der Waals surface area (Å²) < 4.78 is 5.25. The van der Waals surface area contributed by atoms with E-state index in [1.807, 2.05) is 23.9 Å². The molecule has 24 heavy (non-hydrogen) atoms. The van der Waals surface area contributed by atoms with Gasteiger partial charge in [0, 0.05) is 16.2 Å².